The topological polar surface area (TPSA) is 63.2 Å². The zero-order chi connectivity index (χ0) is 17.1. The Hall–Kier alpha value is -1.36. The smallest absolute Gasteiger partial charge is 0.241 e. The second-order valence-corrected chi connectivity index (χ2v) is 8.81. The fourth-order valence-electron chi connectivity index (χ4n) is 3.31. The molecule has 1 amide bonds. The number of benzene rings is 1. The minimum atomic E-state index is -3.70. The van der Waals surface area contributed by atoms with Crippen LogP contribution in [-0.4, -0.2) is 25.6 Å². The summed E-state index contributed by atoms with van der Waals surface area (Å²) in [6.45, 7) is 6.26. The fraction of sp³-hybridized carbons (Fsp3) is 0.611. The summed E-state index contributed by atoms with van der Waals surface area (Å²) >= 11 is 0. The Labute approximate surface area is 139 Å². The molecule has 0 atom stereocenters. The van der Waals surface area contributed by atoms with Crippen molar-refractivity contribution in [1.29, 1.82) is 0 Å². The van der Waals surface area contributed by atoms with Gasteiger partial charge in [-0.05, 0) is 50.3 Å². The predicted octanol–water partition coefficient (Wildman–Crippen LogP) is 3.31. The third-order valence-corrected chi connectivity index (χ3v) is 7.43. The van der Waals surface area contributed by atoms with Gasteiger partial charge >= 0.3 is 0 Å². The molecule has 128 valence electrons. The first kappa shape index (κ1) is 18.0. The molecule has 0 aromatic heterocycles. The summed E-state index contributed by atoms with van der Waals surface area (Å²) in [5.41, 5.74) is 1.61. The number of amides is 1. The van der Waals surface area contributed by atoms with E-state index in [9.17, 15) is 13.2 Å². The van der Waals surface area contributed by atoms with Gasteiger partial charge < -0.3 is 5.32 Å². The van der Waals surface area contributed by atoms with E-state index in [1.807, 2.05) is 26.0 Å². The average Bonchev–Trinajstić information content (AvgIpc) is 3.01. The molecule has 1 aliphatic carbocycles. The van der Waals surface area contributed by atoms with Crippen molar-refractivity contribution in [3.8, 4) is 0 Å². The van der Waals surface area contributed by atoms with E-state index < -0.39 is 14.6 Å². The molecule has 0 unspecified atom stereocenters. The molecule has 23 heavy (non-hydrogen) atoms. The van der Waals surface area contributed by atoms with E-state index in [1.54, 1.807) is 13.0 Å². The summed E-state index contributed by atoms with van der Waals surface area (Å²) in [6, 6.07) is 5.42. The van der Waals surface area contributed by atoms with Crippen molar-refractivity contribution in [1.82, 2.24) is 5.32 Å². The van der Waals surface area contributed by atoms with E-state index in [0.717, 1.165) is 31.2 Å². The summed E-state index contributed by atoms with van der Waals surface area (Å²) < 4.78 is 25.4. The van der Waals surface area contributed by atoms with Gasteiger partial charge in [-0.15, -0.1) is 0 Å². The van der Waals surface area contributed by atoms with Crippen LogP contribution in [0.5, 0.6) is 0 Å². The van der Waals surface area contributed by atoms with Crippen LogP contribution in [0.3, 0.4) is 0 Å². The SMILES string of the molecule is CCCCNC(=O)C1(S(=O)(=O)c2cc(C)ccc2C)CCCC1. The van der Waals surface area contributed by atoms with Gasteiger partial charge in [0, 0.05) is 6.54 Å². The Balaban J connectivity index is 2.43. The molecule has 0 heterocycles. The van der Waals surface area contributed by atoms with E-state index in [0.29, 0.717) is 29.8 Å². The molecule has 2 rings (SSSR count). The van der Waals surface area contributed by atoms with Gasteiger partial charge in [0.2, 0.25) is 5.91 Å². The van der Waals surface area contributed by atoms with Crippen molar-refractivity contribution in [2.45, 2.75) is 68.9 Å². The Bertz CT molecular complexity index is 674. The highest BCUT2D eigenvalue weighted by atomic mass is 32.2. The molecule has 1 N–H and O–H groups in total. The predicted molar refractivity (Wildman–Crippen MR) is 92.2 cm³/mol. The van der Waals surface area contributed by atoms with E-state index >= 15 is 0 Å². The first-order valence-corrected chi connectivity index (χ1v) is 9.93. The number of hydrogen-bond acceptors (Lipinski definition) is 3. The maximum Gasteiger partial charge on any atom is 0.241 e. The molecule has 1 fully saturated rings. The fourth-order valence-corrected chi connectivity index (χ4v) is 5.71. The number of hydrogen-bond donors (Lipinski definition) is 1. The zero-order valence-corrected chi connectivity index (χ0v) is 15.1. The van der Waals surface area contributed by atoms with E-state index in [4.69, 9.17) is 0 Å². The van der Waals surface area contributed by atoms with Crippen LogP contribution >= 0.6 is 0 Å². The van der Waals surface area contributed by atoms with Crippen LogP contribution in [0, 0.1) is 13.8 Å². The van der Waals surface area contributed by atoms with Crippen LogP contribution < -0.4 is 5.32 Å². The molecule has 1 aromatic rings. The van der Waals surface area contributed by atoms with Crippen LogP contribution in [0.2, 0.25) is 0 Å². The molecule has 1 aliphatic rings. The number of carbonyl (C=O) groups excluding carboxylic acids is 1. The second kappa shape index (κ2) is 7.04. The normalized spacial score (nSPS) is 17.2. The summed E-state index contributed by atoms with van der Waals surface area (Å²) in [6.07, 6.45) is 4.24. The van der Waals surface area contributed by atoms with Gasteiger partial charge in [0.1, 0.15) is 0 Å². The van der Waals surface area contributed by atoms with Crippen LogP contribution in [0.4, 0.5) is 0 Å². The molecule has 0 bridgehead atoms. The molecule has 1 aromatic carbocycles. The highest BCUT2D eigenvalue weighted by Gasteiger charge is 2.53. The minimum absolute atomic E-state index is 0.310. The zero-order valence-electron chi connectivity index (χ0n) is 14.3. The van der Waals surface area contributed by atoms with Gasteiger partial charge in [-0.1, -0.05) is 38.3 Å². The Morgan fingerprint density at radius 3 is 2.48 bits per heavy atom. The Morgan fingerprint density at radius 1 is 1.22 bits per heavy atom. The van der Waals surface area contributed by atoms with Gasteiger partial charge in [0.15, 0.2) is 14.6 Å². The third-order valence-electron chi connectivity index (χ3n) is 4.79. The van der Waals surface area contributed by atoms with E-state index in [1.165, 1.54) is 0 Å². The number of nitrogens with one attached hydrogen (secondary N) is 1. The van der Waals surface area contributed by atoms with Gasteiger partial charge in [0.05, 0.1) is 4.90 Å². The van der Waals surface area contributed by atoms with Crippen molar-refractivity contribution in [2.24, 2.45) is 0 Å². The van der Waals surface area contributed by atoms with Gasteiger partial charge in [-0.2, -0.15) is 0 Å². The highest BCUT2D eigenvalue weighted by molar-refractivity contribution is 7.93. The molecular formula is C18H27NO3S. The van der Waals surface area contributed by atoms with E-state index in [-0.39, 0.29) is 5.91 Å². The summed E-state index contributed by atoms with van der Waals surface area (Å²) in [7, 11) is -3.70. The van der Waals surface area contributed by atoms with Gasteiger partial charge in [-0.25, -0.2) is 8.42 Å². The standard InChI is InChI=1S/C18H27NO3S/c1-4-5-12-19-17(20)18(10-6-7-11-18)23(21,22)16-13-14(2)8-9-15(16)3/h8-9,13H,4-7,10-12H2,1-3H3,(H,19,20). The lowest BCUT2D eigenvalue weighted by atomic mass is 10.1. The summed E-state index contributed by atoms with van der Waals surface area (Å²) in [5, 5.41) is 2.86. The lowest BCUT2D eigenvalue weighted by Gasteiger charge is -2.28. The quantitative estimate of drug-likeness (QED) is 0.810. The number of carbonyl (C=O) groups is 1. The molecular weight excluding hydrogens is 310 g/mol. The minimum Gasteiger partial charge on any atom is -0.355 e. The lowest BCUT2D eigenvalue weighted by Crippen LogP contribution is -2.51. The maximum absolute atomic E-state index is 13.3. The first-order chi connectivity index (χ1) is 10.8. The average molecular weight is 337 g/mol. The van der Waals surface area contributed by atoms with E-state index in [2.05, 4.69) is 5.32 Å². The van der Waals surface area contributed by atoms with Gasteiger partial charge in [-0.3, -0.25) is 4.79 Å². The molecule has 1 saturated carbocycles. The van der Waals surface area contributed by atoms with Gasteiger partial charge in [0.25, 0.3) is 0 Å². The Morgan fingerprint density at radius 2 is 1.87 bits per heavy atom. The van der Waals surface area contributed by atoms with Crippen LogP contribution in [0.1, 0.15) is 56.6 Å². The van der Waals surface area contributed by atoms with Crippen LogP contribution in [-0.2, 0) is 14.6 Å². The number of unbranched alkanes of at least 4 members (excludes halogenated alkanes) is 1. The maximum atomic E-state index is 13.3. The molecule has 0 aliphatic heterocycles. The molecule has 5 heteroatoms. The molecule has 0 radical (unpaired) electrons. The highest BCUT2D eigenvalue weighted by Crippen LogP contribution is 2.41. The summed E-state index contributed by atoms with van der Waals surface area (Å²) in [5.74, 6) is -0.315. The monoisotopic (exact) mass is 337 g/mol. The number of aryl methyl sites for hydroxylation is 2. The van der Waals surface area contributed by atoms with Crippen molar-refractivity contribution in [3.05, 3.63) is 29.3 Å². The lowest BCUT2D eigenvalue weighted by molar-refractivity contribution is -0.123. The molecule has 0 spiro atoms. The third kappa shape index (κ3) is 3.30. The van der Waals surface area contributed by atoms with Crippen molar-refractivity contribution in [3.63, 3.8) is 0 Å². The van der Waals surface area contributed by atoms with Crippen LogP contribution in [0.15, 0.2) is 23.1 Å². The number of rotatable bonds is 6. The van der Waals surface area contributed by atoms with Crippen molar-refractivity contribution >= 4 is 15.7 Å². The van der Waals surface area contributed by atoms with Crippen LogP contribution in [0.25, 0.3) is 0 Å². The molecule has 4 nitrogen and oxygen atoms in total. The molecule has 0 saturated heterocycles. The van der Waals surface area contributed by atoms with Crippen molar-refractivity contribution in [2.75, 3.05) is 6.54 Å². The summed E-state index contributed by atoms with van der Waals surface area (Å²) in [4.78, 5) is 13.1. The number of sulfone groups is 1. The second-order valence-electron chi connectivity index (χ2n) is 6.58. The Kier molecular flexibility index (Phi) is 5.50. The van der Waals surface area contributed by atoms with Crippen molar-refractivity contribution < 1.29 is 13.2 Å². The first-order valence-electron chi connectivity index (χ1n) is 8.45. The largest absolute Gasteiger partial charge is 0.355 e.